The van der Waals surface area contributed by atoms with E-state index in [0.29, 0.717) is 59.2 Å². The number of imide groups is 1. The molecule has 3 N–H and O–H groups in total. The molecule has 0 radical (unpaired) electrons. The van der Waals surface area contributed by atoms with Crippen LogP contribution in [-0.2, 0) is 16.6 Å². The first-order valence-electron chi connectivity index (χ1n) is 14.1. The second-order valence-electron chi connectivity index (χ2n) is 11.0. The Labute approximate surface area is 243 Å². The molecule has 0 saturated carbocycles. The molecule has 216 valence electrons. The molecule has 0 saturated heterocycles. The van der Waals surface area contributed by atoms with E-state index >= 15 is 0 Å². The van der Waals surface area contributed by atoms with Gasteiger partial charge in [-0.05, 0) is 75.2 Å². The van der Waals surface area contributed by atoms with Crippen LogP contribution in [-0.4, -0.2) is 70.7 Å². The number of ether oxygens (including phenoxy) is 2. The lowest BCUT2D eigenvalue weighted by molar-refractivity contribution is -0.134. The first kappa shape index (κ1) is 27.5. The molecule has 2 aromatic heterocycles. The molecular formula is C32H34N6O4. The molecule has 6 rings (SSSR count). The number of carbonyl (C=O) groups is 2. The van der Waals surface area contributed by atoms with E-state index in [2.05, 4.69) is 20.5 Å². The van der Waals surface area contributed by atoms with Crippen molar-refractivity contribution in [2.24, 2.45) is 0 Å². The Hall–Kier alpha value is -4.70. The third-order valence-corrected chi connectivity index (χ3v) is 8.04. The minimum atomic E-state index is -0.865. The van der Waals surface area contributed by atoms with Gasteiger partial charge in [-0.2, -0.15) is 5.10 Å². The van der Waals surface area contributed by atoms with Gasteiger partial charge >= 0.3 is 0 Å². The van der Waals surface area contributed by atoms with Crippen molar-refractivity contribution in [3.05, 3.63) is 71.3 Å². The number of aromatic nitrogens is 4. The minimum Gasteiger partial charge on any atom is -0.493 e. The predicted molar refractivity (Wildman–Crippen MR) is 161 cm³/mol. The summed E-state index contributed by atoms with van der Waals surface area (Å²) in [5.41, 5.74) is 4.30. The molecule has 0 fully saturated rings. The number of para-hydroxylation sites is 1. The summed E-state index contributed by atoms with van der Waals surface area (Å²) in [5.74, 6) is 1.47. The van der Waals surface area contributed by atoms with Crippen LogP contribution in [0.1, 0.15) is 41.8 Å². The van der Waals surface area contributed by atoms with Crippen molar-refractivity contribution in [1.82, 2.24) is 30.4 Å². The van der Waals surface area contributed by atoms with Crippen LogP contribution in [0.2, 0.25) is 0 Å². The number of fused-ring (bicyclic) bond motifs is 4. The van der Waals surface area contributed by atoms with Crippen molar-refractivity contribution < 1.29 is 19.1 Å². The maximum atomic E-state index is 13.8. The molecule has 3 heterocycles. The zero-order valence-corrected chi connectivity index (χ0v) is 24.2. The Balaban J connectivity index is 1.17. The molecule has 0 atom stereocenters. The normalized spacial score (nSPS) is 14.5. The van der Waals surface area contributed by atoms with Gasteiger partial charge in [0.1, 0.15) is 11.2 Å². The lowest BCUT2D eigenvalue weighted by Crippen LogP contribution is -2.52. The standard InChI is InChI=1S/C32H34N6O4/c1-32(2)21-11-12-23-28(35-29(34-23)27-20-8-5-6-9-22(20)36-37-27)26(21)30(39)38(31(32)40)17-7-15-33-16-14-19-10-13-24(41-3)25(18-19)42-4/h5-6,8-13,18,33H,7,14-17H2,1-4H3,(H,34,35)(H,36,37). The van der Waals surface area contributed by atoms with Crippen LogP contribution >= 0.6 is 0 Å². The van der Waals surface area contributed by atoms with Gasteiger partial charge in [0.15, 0.2) is 17.3 Å². The molecule has 1 aliphatic rings. The van der Waals surface area contributed by atoms with Crippen molar-refractivity contribution in [1.29, 1.82) is 0 Å². The van der Waals surface area contributed by atoms with E-state index in [0.717, 1.165) is 34.9 Å². The maximum absolute atomic E-state index is 13.8. The number of H-pyrrole nitrogens is 2. The highest BCUT2D eigenvalue weighted by Crippen LogP contribution is 2.38. The number of amides is 2. The van der Waals surface area contributed by atoms with Gasteiger partial charge in [0, 0.05) is 11.9 Å². The first-order chi connectivity index (χ1) is 20.3. The van der Waals surface area contributed by atoms with Crippen LogP contribution in [0.4, 0.5) is 0 Å². The predicted octanol–water partition coefficient (Wildman–Crippen LogP) is 4.61. The van der Waals surface area contributed by atoms with Gasteiger partial charge < -0.3 is 19.8 Å². The fourth-order valence-electron chi connectivity index (χ4n) is 5.71. The number of benzene rings is 3. The topological polar surface area (TPSA) is 125 Å². The van der Waals surface area contributed by atoms with Crippen LogP contribution < -0.4 is 14.8 Å². The van der Waals surface area contributed by atoms with Gasteiger partial charge in [-0.15, -0.1) is 0 Å². The smallest absolute Gasteiger partial charge is 0.263 e. The van der Waals surface area contributed by atoms with E-state index in [1.54, 1.807) is 14.2 Å². The van der Waals surface area contributed by atoms with E-state index in [1.807, 2.05) is 68.4 Å². The Morgan fingerprint density at radius 3 is 2.57 bits per heavy atom. The molecular weight excluding hydrogens is 532 g/mol. The maximum Gasteiger partial charge on any atom is 0.263 e. The quantitative estimate of drug-likeness (QED) is 0.167. The molecule has 0 unspecified atom stereocenters. The summed E-state index contributed by atoms with van der Waals surface area (Å²) in [6.45, 7) is 5.48. The zero-order chi connectivity index (χ0) is 29.4. The first-order valence-corrected chi connectivity index (χ1v) is 14.1. The molecule has 5 aromatic rings. The summed E-state index contributed by atoms with van der Waals surface area (Å²) in [6.07, 6.45) is 1.45. The van der Waals surface area contributed by atoms with Crippen LogP contribution in [0, 0.1) is 0 Å². The highest BCUT2D eigenvalue weighted by molar-refractivity contribution is 6.18. The number of hydrogen-bond acceptors (Lipinski definition) is 7. The molecule has 10 heteroatoms. The molecule has 1 aliphatic heterocycles. The van der Waals surface area contributed by atoms with E-state index in [-0.39, 0.29) is 11.8 Å². The van der Waals surface area contributed by atoms with E-state index in [1.165, 1.54) is 4.90 Å². The fraction of sp³-hybridized carbons (Fsp3) is 0.312. The van der Waals surface area contributed by atoms with Gasteiger partial charge in [0.05, 0.1) is 36.2 Å². The summed E-state index contributed by atoms with van der Waals surface area (Å²) in [6, 6.07) is 17.5. The van der Waals surface area contributed by atoms with Crippen LogP contribution in [0.5, 0.6) is 11.5 Å². The van der Waals surface area contributed by atoms with Crippen molar-refractivity contribution in [2.45, 2.75) is 32.1 Å². The Morgan fingerprint density at radius 1 is 0.952 bits per heavy atom. The van der Waals surface area contributed by atoms with Crippen molar-refractivity contribution in [3.8, 4) is 23.0 Å². The monoisotopic (exact) mass is 566 g/mol. The summed E-state index contributed by atoms with van der Waals surface area (Å²) in [4.78, 5) is 36.9. The van der Waals surface area contributed by atoms with Gasteiger partial charge in [-0.1, -0.05) is 30.3 Å². The van der Waals surface area contributed by atoms with E-state index in [4.69, 9.17) is 14.5 Å². The number of nitrogens with one attached hydrogen (secondary N) is 3. The van der Waals surface area contributed by atoms with Crippen LogP contribution in [0.15, 0.2) is 54.6 Å². The molecule has 10 nitrogen and oxygen atoms in total. The molecule has 0 spiro atoms. The second-order valence-corrected chi connectivity index (χ2v) is 11.0. The third-order valence-electron chi connectivity index (χ3n) is 8.04. The highest BCUT2D eigenvalue weighted by Gasteiger charge is 2.45. The van der Waals surface area contributed by atoms with Crippen molar-refractivity contribution in [3.63, 3.8) is 0 Å². The van der Waals surface area contributed by atoms with Gasteiger partial charge in [-0.3, -0.25) is 19.6 Å². The zero-order valence-electron chi connectivity index (χ0n) is 24.2. The fourth-order valence-corrected chi connectivity index (χ4v) is 5.71. The third kappa shape index (κ3) is 4.67. The number of imidazole rings is 1. The van der Waals surface area contributed by atoms with Gasteiger partial charge in [-0.25, -0.2) is 4.98 Å². The molecule has 2 amide bonds. The largest absolute Gasteiger partial charge is 0.493 e. The second kappa shape index (κ2) is 10.9. The number of methoxy groups -OCH3 is 2. The molecule has 0 aliphatic carbocycles. The van der Waals surface area contributed by atoms with E-state index in [9.17, 15) is 9.59 Å². The van der Waals surface area contributed by atoms with Crippen LogP contribution in [0.3, 0.4) is 0 Å². The average molecular weight is 567 g/mol. The number of aromatic amines is 2. The highest BCUT2D eigenvalue weighted by atomic mass is 16.5. The van der Waals surface area contributed by atoms with Crippen molar-refractivity contribution >= 4 is 33.8 Å². The Kier molecular flexibility index (Phi) is 7.16. The SMILES string of the molecule is COc1ccc(CCNCCCN2C(=O)c3c(ccc4[nH]c(-c5n[nH]c6ccccc56)nc34)C(C)(C)C2=O)cc1OC. The lowest BCUT2D eigenvalue weighted by Gasteiger charge is -2.37. The summed E-state index contributed by atoms with van der Waals surface area (Å²) >= 11 is 0. The molecule has 0 bridgehead atoms. The van der Waals surface area contributed by atoms with Crippen LogP contribution in [0.25, 0.3) is 33.5 Å². The van der Waals surface area contributed by atoms with Gasteiger partial charge in [0.25, 0.3) is 5.91 Å². The number of nitrogens with zero attached hydrogens (tertiary/aromatic N) is 3. The molecule has 42 heavy (non-hydrogen) atoms. The average Bonchev–Trinajstić information content (AvgIpc) is 3.63. The summed E-state index contributed by atoms with van der Waals surface area (Å²) in [5, 5.41) is 11.9. The Bertz CT molecular complexity index is 1800. The number of hydrogen-bond donors (Lipinski definition) is 3. The van der Waals surface area contributed by atoms with Crippen molar-refractivity contribution in [2.75, 3.05) is 33.9 Å². The Morgan fingerprint density at radius 2 is 1.76 bits per heavy atom. The number of rotatable bonds is 10. The summed E-state index contributed by atoms with van der Waals surface area (Å²) < 4.78 is 10.7. The molecule has 3 aromatic carbocycles. The number of carbonyl (C=O) groups excluding carboxylic acids is 2. The lowest BCUT2D eigenvalue weighted by atomic mass is 9.76. The van der Waals surface area contributed by atoms with E-state index < -0.39 is 5.41 Å². The van der Waals surface area contributed by atoms with Gasteiger partial charge in [0.2, 0.25) is 5.91 Å². The minimum absolute atomic E-state index is 0.196. The summed E-state index contributed by atoms with van der Waals surface area (Å²) in [7, 11) is 3.24.